The Morgan fingerprint density at radius 1 is 1.25 bits per heavy atom. The molecule has 1 fully saturated rings. The van der Waals surface area contributed by atoms with E-state index in [0.717, 1.165) is 25.3 Å². The summed E-state index contributed by atoms with van der Waals surface area (Å²) < 4.78 is 5.33. The minimum atomic E-state index is 0.0463. The molecule has 2 heterocycles. The fourth-order valence-electron chi connectivity index (χ4n) is 2.82. The Morgan fingerprint density at radius 3 is 2.50 bits per heavy atom. The largest absolute Gasteiger partial charge is 0.338 e. The number of amides is 1. The van der Waals surface area contributed by atoms with Crippen LogP contribution in [0.4, 0.5) is 0 Å². The van der Waals surface area contributed by atoms with Crippen LogP contribution in [0.1, 0.15) is 42.0 Å². The number of hydrogen-bond donors (Lipinski definition) is 0. The highest BCUT2D eigenvalue weighted by Gasteiger charge is 2.27. The number of aryl methyl sites for hydroxylation is 1. The van der Waals surface area contributed by atoms with Gasteiger partial charge >= 0.3 is 0 Å². The van der Waals surface area contributed by atoms with Crippen molar-refractivity contribution in [2.24, 2.45) is 0 Å². The molecule has 128 valence electrons. The molecule has 1 aliphatic heterocycles. The third-order valence-corrected chi connectivity index (χ3v) is 4.65. The number of carbonyl (C=O) groups is 1. The number of benzene rings is 1. The molecule has 7 heteroatoms. The average molecular weight is 349 g/mol. The Kier molecular flexibility index (Phi) is 5.16. The SMILES string of the molecule is CCc1noc([C@@H](C)N2CCN(C(=O)c3ccc(Cl)cc3)CC2)n1. The van der Waals surface area contributed by atoms with Crippen LogP contribution in [0.15, 0.2) is 28.8 Å². The van der Waals surface area contributed by atoms with Gasteiger partial charge in [0.05, 0.1) is 6.04 Å². The Hall–Kier alpha value is -1.92. The lowest BCUT2D eigenvalue weighted by molar-refractivity contribution is 0.0551. The van der Waals surface area contributed by atoms with Gasteiger partial charge in [-0.15, -0.1) is 0 Å². The zero-order valence-electron chi connectivity index (χ0n) is 13.9. The van der Waals surface area contributed by atoms with E-state index < -0.39 is 0 Å². The van der Waals surface area contributed by atoms with Gasteiger partial charge in [-0.05, 0) is 31.2 Å². The van der Waals surface area contributed by atoms with Gasteiger partial charge in [-0.1, -0.05) is 23.7 Å². The van der Waals surface area contributed by atoms with Crippen LogP contribution in [0.3, 0.4) is 0 Å². The highest BCUT2D eigenvalue weighted by atomic mass is 35.5. The van der Waals surface area contributed by atoms with Gasteiger partial charge in [-0.2, -0.15) is 4.98 Å². The van der Waals surface area contributed by atoms with E-state index in [-0.39, 0.29) is 11.9 Å². The summed E-state index contributed by atoms with van der Waals surface area (Å²) >= 11 is 5.88. The highest BCUT2D eigenvalue weighted by molar-refractivity contribution is 6.30. The lowest BCUT2D eigenvalue weighted by Gasteiger charge is -2.36. The Morgan fingerprint density at radius 2 is 1.92 bits per heavy atom. The molecule has 6 nitrogen and oxygen atoms in total. The van der Waals surface area contributed by atoms with Crippen LogP contribution in [0.25, 0.3) is 0 Å². The second kappa shape index (κ2) is 7.32. The molecule has 0 bridgehead atoms. The number of rotatable bonds is 4. The smallest absolute Gasteiger partial charge is 0.253 e. The third kappa shape index (κ3) is 3.60. The molecular formula is C17H21ClN4O2. The second-order valence-electron chi connectivity index (χ2n) is 5.91. The summed E-state index contributed by atoms with van der Waals surface area (Å²) in [4.78, 5) is 21.1. The minimum Gasteiger partial charge on any atom is -0.338 e. The van der Waals surface area contributed by atoms with Gasteiger partial charge in [0.2, 0.25) is 5.89 Å². The molecule has 0 aliphatic carbocycles. The van der Waals surface area contributed by atoms with Gasteiger partial charge in [0.25, 0.3) is 5.91 Å². The number of piperazine rings is 1. The molecule has 1 aromatic carbocycles. The summed E-state index contributed by atoms with van der Waals surface area (Å²) in [6, 6.07) is 7.09. The van der Waals surface area contributed by atoms with Crippen molar-refractivity contribution in [1.82, 2.24) is 19.9 Å². The van der Waals surface area contributed by atoms with Crippen LogP contribution in [-0.2, 0) is 6.42 Å². The second-order valence-corrected chi connectivity index (χ2v) is 6.35. The van der Waals surface area contributed by atoms with Gasteiger partial charge in [0.1, 0.15) is 0 Å². The molecule has 24 heavy (non-hydrogen) atoms. The van der Waals surface area contributed by atoms with E-state index in [1.165, 1.54) is 0 Å². The molecule has 1 aromatic heterocycles. The standard InChI is InChI=1S/C17H21ClN4O2/c1-3-15-19-16(24-20-15)12(2)21-8-10-22(11-9-21)17(23)13-4-6-14(18)7-5-13/h4-7,12H,3,8-11H2,1-2H3/t12-/m1/s1. The molecule has 2 aromatic rings. The van der Waals surface area contributed by atoms with Crippen molar-refractivity contribution >= 4 is 17.5 Å². The lowest BCUT2D eigenvalue weighted by Crippen LogP contribution is -2.49. The van der Waals surface area contributed by atoms with Gasteiger partial charge in [0, 0.05) is 43.2 Å². The summed E-state index contributed by atoms with van der Waals surface area (Å²) in [5, 5.41) is 4.59. The van der Waals surface area contributed by atoms with Gasteiger partial charge in [-0.25, -0.2) is 0 Å². The number of carbonyl (C=O) groups excluding carboxylic acids is 1. The minimum absolute atomic E-state index is 0.0463. The summed E-state index contributed by atoms with van der Waals surface area (Å²) in [5.41, 5.74) is 0.672. The van der Waals surface area contributed by atoms with Crippen LogP contribution in [0.2, 0.25) is 5.02 Å². The van der Waals surface area contributed by atoms with Crippen molar-refractivity contribution in [2.75, 3.05) is 26.2 Å². The molecular weight excluding hydrogens is 328 g/mol. The van der Waals surface area contributed by atoms with Gasteiger partial charge < -0.3 is 9.42 Å². The summed E-state index contributed by atoms with van der Waals surface area (Å²) in [6.45, 7) is 6.99. The van der Waals surface area contributed by atoms with Crippen LogP contribution >= 0.6 is 11.6 Å². The molecule has 0 unspecified atom stereocenters. The average Bonchev–Trinajstić information content (AvgIpc) is 3.10. The van der Waals surface area contributed by atoms with E-state index >= 15 is 0 Å². The predicted molar refractivity (Wildman–Crippen MR) is 91.0 cm³/mol. The van der Waals surface area contributed by atoms with Gasteiger partial charge in [0.15, 0.2) is 5.82 Å². The predicted octanol–water partition coefficient (Wildman–Crippen LogP) is 2.80. The maximum absolute atomic E-state index is 12.5. The number of nitrogens with zero attached hydrogens (tertiary/aromatic N) is 4. The molecule has 1 amide bonds. The molecule has 1 aliphatic rings. The van der Waals surface area contributed by atoms with Crippen molar-refractivity contribution in [2.45, 2.75) is 26.3 Å². The molecule has 1 saturated heterocycles. The molecule has 0 radical (unpaired) electrons. The first-order valence-corrected chi connectivity index (χ1v) is 8.57. The van der Waals surface area contributed by atoms with Gasteiger partial charge in [-0.3, -0.25) is 9.69 Å². The van der Waals surface area contributed by atoms with E-state index in [4.69, 9.17) is 16.1 Å². The highest BCUT2D eigenvalue weighted by Crippen LogP contribution is 2.21. The first kappa shape index (κ1) is 16.9. The Labute approximate surface area is 146 Å². The number of hydrogen-bond acceptors (Lipinski definition) is 5. The van der Waals surface area contributed by atoms with E-state index in [1.54, 1.807) is 24.3 Å². The zero-order valence-corrected chi connectivity index (χ0v) is 14.7. The molecule has 3 rings (SSSR count). The normalized spacial score (nSPS) is 17.0. The molecule has 0 saturated carbocycles. The van der Waals surface area contributed by atoms with Crippen molar-refractivity contribution in [3.05, 3.63) is 46.6 Å². The van der Waals surface area contributed by atoms with Crippen molar-refractivity contribution < 1.29 is 9.32 Å². The topological polar surface area (TPSA) is 62.5 Å². The third-order valence-electron chi connectivity index (χ3n) is 4.40. The van der Waals surface area contributed by atoms with Crippen LogP contribution in [-0.4, -0.2) is 52.0 Å². The van der Waals surface area contributed by atoms with E-state index in [0.29, 0.717) is 29.6 Å². The van der Waals surface area contributed by atoms with E-state index in [2.05, 4.69) is 22.0 Å². The molecule has 0 spiro atoms. The fraction of sp³-hybridized carbons (Fsp3) is 0.471. The van der Waals surface area contributed by atoms with E-state index in [1.807, 2.05) is 11.8 Å². The summed E-state index contributed by atoms with van der Waals surface area (Å²) in [6.07, 6.45) is 0.763. The van der Waals surface area contributed by atoms with Crippen LogP contribution in [0.5, 0.6) is 0 Å². The summed E-state index contributed by atoms with van der Waals surface area (Å²) in [5.74, 6) is 1.42. The maximum atomic E-state index is 12.5. The summed E-state index contributed by atoms with van der Waals surface area (Å²) in [7, 11) is 0. The zero-order chi connectivity index (χ0) is 17.1. The number of halogens is 1. The van der Waals surface area contributed by atoms with Crippen LogP contribution < -0.4 is 0 Å². The van der Waals surface area contributed by atoms with Crippen molar-refractivity contribution in [3.8, 4) is 0 Å². The Bertz CT molecular complexity index is 693. The van der Waals surface area contributed by atoms with Crippen LogP contribution in [0, 0.1) is 0 Å². The van der Waals surface area contributed by atoms with Crippen molar-refractivity contribution in [1.29, 1.82) is 0 Å². The quantitative estimate of drug-likeness (QED) is 0.850. The monoisotopic (exact) mass is 348 g/mol. The fourth-order valence-corrected chi connectivity index (χ4v) is 2.95. The maximum Gasteiger partial charge on any atom is 0.253 e. The van der Waals surface area contributed by atoms with Crippen molar-refractivity contribution in [3.63, 3.8) is 0 Å². The first-order valence-electron chi connectivity index (χ1n) is 8.20. The number of aromatic nitrogens is 2. The lowest BCUT2D eigenvalue weighted by atomic mass is 10.1. The molecule has 1 atom stereocenters. The molecule has 0 N–H and O–H groups in total. The Balaban J connectivity index is 1.58. The van der Waals surface area contributed by atoms with E-state index in [9.17, 15) is 4.79 Å². The first-order chi connectivity index (χ1) is 11.6.